The summed E-state index contributed by atoms with van der Waals surface area (Å²) in [7, 11) is 0. The average Bonchev–Trinajstić information content (AvgIpc) is 2.24. The van der Waals surface area contributed by atoms with Gasteiger partial charge in [-0.15, -0.1) is 0 Å². The van der Waals surface area contributed by atoms with Crippen LogP contribution < -0.4 is 0 Å². The molecule has 17 heavy (non-hydrogen) atoms. The highest BCUT2D eigenvalue weighted by Gasteiger charge is 2.34. The van der Waals surface area contributed by atoms with E-state index in [1.54, 1.807) is 6.92 Å². The van der Waals surface area contributed by atoms with Crippen LogP contribution in [0.5, 0.6) is 0 Å². The molecule has 0 radical (unpaired) electrons. The Hall–Kier alpha value is -1.06. The van der Waals surface area contributed by atoms with Crippen LogP contribution in [0.4, 0.5) is 0 Å². The number of likely N-dealkylation sites (tertiary alicyclic amines) is 1. The number of carboxylic acids is 1. The lowest BCUT2D eigenvalue weighted by molar-refractivity contribution is -0.145. The SMILES string of the molecule is CC(C(=O)O)C1CN(Cc2ccc(Cl)cc2)C1. The van der Waals surface area contributed by atoms with Crippen LogP contribution >= 0.6 is 11.6 Å². The molecule has 1 aromatic rings. The summed E-state index contributed by atoms with van der Waals surface area (Å²) >= 11 is 5.82. The van der Waals surface area contributed by atoms with Crippen molar-refractivity contribution < 1.29 is 9.90 Å². The summed E-state index contributed by atoms with van der Waals surface area (Å²) in [6.45, 7) is 4.40. The molecule has 1 heterocycles. The van der Waals surface area contributed by atoms with Gasteiger partial charge in [-0.05, 0) is 23.6 Å². The third-order valence-corrected chi connectivity index (χ3v) is 3.65. The molecule has 0 saturated carbocycles. The summed E-state index contributed by atoms with van der Waals surface area (Å²) in [5.74, 6) is -0.641. The maximum atomic E-state index is 10.8. The summed E-state index contributed by atoms with van der Waals surface area (Å²) in [6, 6.07) is 7.79. The van der Waals surface area contributed by atoms with Crippen molar-refractivity contribution in [3.05, 3.63) is 34.9 Å². The zero-order valence-corrected chi connectivity index (χ0v) is 10.5. The van der Waals surface area contributed by atoms with E-state index in [1.807, 2.05) is 24.3 Å². The second-order valence-corrected chi connectivity index (χ2v) is 5.14. The fraction of sp³-hybridized carbons (Fsp3) is 0.462. The normalized spacial score (nSPS) is 18.7. The van der Waals surface area contributed by atoms with Gasteiger partial charge in [0.25, 0.3) is 0 Å². The molecule has 1 unspecified atom stereocenters. The van der Waals surface area contributed by atoms with Gasteiger partial charge in [-0.3, -0.25) is 9.69 Å². The van der Waals surface area contributed by atoms with Crippen molar-refractivity contribution in [1.82, 2.24) is 4.90 Å². The highest BCUT2D eigenvalue weighted by Crippen LogP contribution is 2.25. The Labute approximate surface area is 106 Å². The molecule has 1 aliphatic rings. The molecule has 92 valence electrons. The minimum Gasteiger partial charge on any atom is -0.481 e. The molecule has 0 bridgehead atoms. The van der Waals surface area contributed by atoms with Gasteiger partial charge in [0.2, 0.25) is 0 Å². The van der Waals surface area contributed by atoms with Crippen LogP contribution in [0.25, 0.3) is 0 Å². The molecule has 1 aromatic carbocycles. The van der Waals surface area contributed by atoms with Crippen molar-refractivity contribution >= 4 is 17.6 Å². The largest absolute Gasteiger partial charge is 0.481 e. The van der Waals surface area contributed by atoms with Crippen LogP contribution in [0.1, 0.15) is 12.5 Å². The summed E-state index contributed by atoms with van der Waals surface area (Å²) in [4.78, 5) is 13.1. The molecule has 1 N–H and O–H groups in total. The second kappa shape index (κ2) is 5.07. The first-order valence-corrected chi connectivity index (χ1v) is 6.13. The van der Waals surface area contributed by atoms with E-state index in [-0.39, 0.29) is 5.92 Å². The molecule has 0 amide bonds. The minimum atomic E-state index is -0.693. The van der Waals surface area contributed by atoms with Gasteiger partial charge in [-0.25, -0.2) is 0 Å². The van der Waals surface area contributed by atoms with Gasteiger partial charge < -0.3 is 5.11 Å². The van der Waals surface area contributed by atoms with Crippen LogP contribution in [-0.4, -0.2) is 29.1 Å². The van der Waals surface area contributed by atoms with E-state index < -0.39 is 5.97 Å². The van der Waals surface area contributed by atoms with Crippen molar-refractivity contribution in [3.63, 3.8) is 0 Å². The molecule has 2 rings (SSSR count). The summed E-state index contributed by atoms with van der Waals surface area (Å²) in [5.41, 5.74) is 1.22. The van der Waals surface area contributed by atoms with E-state index in [9.17, 15) is 4.79 Å². The Morgan fingerprint density at radius 1 is 1.47 bits per heavy atom. The molecule has 3 nitrogen and oxygen atoms in total. The lowest BCUT2D eigenvalue weighted by Crippen LogP contribution is -2.50. The van der Waals surface area contributed by atoms with Gasteiger partial charge in [0, 0.05) is 24.7 Å². The van der Waals surface area contributed by atoms with Crippen molar-refractivity contribution in [3.8, 4) is 0 Å². The molecular formula is C13H16ClNO2. The highest BCUT2D eigenvalue weighted by atomic mass is 35.5. The lowest BCUT2D eigenvalue weighted by atomic mass is 9.87. The first-order valence-electron chi connectivity index (χ1n) is 5.76. The van der Waals surface area contributed by atoms with E-state index >= 15 is 0 Å². The average molecular weight is 254 g/mol. The Bertz CT molecular complexity index is 398. The standard InChI is InChI=1S/C13H16ClNO2/c1-9(13(16)17)11-7-15(8-11)6-10-2-4-12(14)5-3-10/h2-5,9,11H,6-8H2,1H3,(H,16,17). The maximum absolute atomic E-state index is 10.8. The minimum absolute atomic E-state index is 0.239. The third-order valence-electron chi connectivity index (χ3n) is 3.40. The maximum Gasteiger partial charge on any atom is 0.306 e. The molecule has 1 aliphatic heterocycles. The van der Waals surface area contributed by atoms with E-state index in [0.29, 0.717) is 5.92 Å². The number of carbonyl (C=O) groups is 1. The number of aliphatic carboxylic acids is 1. The summed E-state index contributed by atoms with van der Waals surface area (Å²) in [6.07, 6.45) is 0. The number of nitrogens with zero attached hydrogens (tertiary/aromatic N) is 1. The van der Waals surface area contributed by atoms with Crippen LogP contribution in [0.3, 0.4) is 0 Å². The van der Waals surface area contributed by atoms with Gasteiger partial charge in [0.1, 0.15) is 0 Å². The van der Waals surface area contributed by atoms with Crippen molar-refractivity contribution in [2.45, 2.75) is 13.5 Å². The Balaban J connectivity index is 1.81. The van der Waals surface area contributed by atoms with Crippen molar-refractivity contribution in [1.29, 1.82) is 0 Å². The summed E-state index contributed by atoms with van der Waals surface area (Å²) < 4.78 is 0. The molecule has 1 fully saturated rings. The highest BCUT2D eigenvalue weighted by molar-refractivity contribution is 6.30. The third kappa shape index (κ3) is 2.99. The van der Waals surface area contributed by atoms with Crippen LogP contribution in [0, 0.1) is 11.8 Å². The van der Waals surface area contributed by atoms with Crippen molar-refractivity contribution in [2.75, 3.05) is 13.1 Å². The number of benzene rings is 1. The number of hydrogen-bond acceptors (Lipinski definition) is 2. The zero-order valence-electron chi connectivity index (χ0n) is 9.77. The molecule has 4 heteroatoms. The van der Waals surface area contributed by atoms with Gasteiger partial charge in [-0.1, -0.05) is 30.7 Å². The fourth-order valence-electron chi connectivity index (χ4n) is 2.10. The van der Waals surface area contributed by atoms with E-state index in [4.69, 9.17) is 16.7 Å². The first kappa shape index (κ1) is 12.4. The number of hydrogen-bond donors (Lipinski definition) is 1. The van der Waals surface area contributed by atoms with Crippen LogP contribution in [0.15, 0.2) is 24.3 Å². The van der Waals surface area contributed by atoms with E-state index in [1.165, 1.54) is 5.56 Å². The monoisotopic (exact) mass is 253 g/mol. The quantitative estimate of drug-likeness (QED) is 0.896. The second-order valence-electron chi connectivity index (χ2n) is 4.71. The van der Waals surface area contributed by atoms with E-state index in [2.05, 4.69) is 4.90 Å². The molecule has 0 aliphatic carbocycles. The Morgan fingerprint density at radius 2 is 2.06 bits per heavy atom. The predicted octanol–water partition coefficient (Wildman–Crippen LogP) is 2.49. The fourth-order valence-corrected chi connectivity index (χ4v) is 2.23. The van der Waals surface area contributed by atoms with Gasteiger partial charge in [0.15, 0.2) is 0 Å². The molecular weight excluding hydrogens is 238 g/mol. The zero-order chi connectivity index (χ0) is 12.4. The Kier molecular flexibility index (Phi) is 3.69. The first-order chi connectivity index (χ1) is 8.06. The predicted molar refractivity (Wildman–Crippen MR) is 67.0 cm³/mol. The van der Waals surface area contributed by atoms with E-state index in [0.717, 1.165) is 24.7 Å². The lowest BCUT2D eigenvalue weighted by Gasteiger charge is -2.41. The molecule has 1 saturated heterocycles. The molecule has 0 spiro atoms. The van der Waals surface area contributed by atoms with Crippen molar-refractivity contribution in [2.24, 2.45) is 11.8 Å². The van der Waals surface area contributed by atoms with Gasteiger partial charge in [0.05, 0.1) is 5.92 Å². The Morgan fingerprint density at radius 3 is 2.59 bits per heavy atom. The number of halogens is 1. The number of rotatable bonds is 4. The molecule has 1 atom stereocenters. The van der Waals surface area contributed by atoms with Crippen LogP contribution in [0.2, 0.25) is 5.02 Å². The van der Waals surface area contributed by atoms with Gasteiger partial charge in [-0.2, -0.15) is 0 Å². The van der Waals surface area contributed by atoms with Gasteiger partial charge >= 0.3 is 5.97 Å². The molecule has 0 aromatic heterocycles. The number of carboxylic acid groups (broad SMARTS) is 1. The van der Waals surface area contributed by atoms with Crippen LogP contribution in [-0.2, 0) is 11.3 Å². The topological polar surface area (TPSA) is 40.5 Å². The summed E-state index contributed by atoms with van der Waals surface area (Å²) in [5, 5.41) is 9.64. The smallest absolute Gasteiger partial charge is 0.306 e.